The van der Waals surface area contributed by atoms with Crippen LogP contribution in [0.3, 0.4) is 0 Å². The maximum absolute atomic E-state index is 13.9. The molecule has 1 heterocycles. The van der Waals surface area contributed by atoms with Crippen molar-refractivity contribution in [3.05, 3.63) is 89.5 Å². The zero-order chi connectivity index (χ0) is 35.1. The Morgan fingerprint density at radius 2 is 1.73 bits per heavy atom. The fourth-order valence-electron chi connectivity index (χ4n) is 6.19. The molecule has 3 aromatic rings. The molecule has 15 heteroatoms. The van der Waals surface area contributed by atoms with Gasteiger partial charge in [0.15, 0.2) is 9.84 Å². The summed E-state index contributed by atoms with van der Waals surface area (Å²) in [4.78, 5) is 26.9. The van der Waals surface area contributed by atoms with Gasteiger partial charge in [-0.25, -0.2) is 16.8 Å². The number of phenols is 1. The molecular formula is C34H45N3O9S3. The highest BCUT2D eigenvalue weighted by atomic mass is 32.2. The molecule has 268 valence electrons. The molecule has 8 N–H and O–H groups in total. The van der Waals surface area contributed by atoms with Gasteiger partial charge in [-0.15, -0.1) is 11.8 Å². The minimum absolute atomic E-state index is 0. The van der Waals surface area contributed by atoms with Gasteiger partial charge in [-0.2, -0.15) is 0 Å². The second kappa shape index (κ2) is 17.0. The molecule has 4 unspecified atom stereocenters. The summed E-state index contributed by atoms with van der Waals surface area (Å²) in [6, 6.07) is 18.4. The Morgan fingerprint density at radius 1 is 1.06 bits per heavy atom. The smallest absolute Gasteiger partial charge is 0.247 e. The van der Waals surface area contributed by atoms with Crippen molar-refractivity contribution in [2.45, 2.75) is 67.4 Å². The molecule has 4 rings (SSSR count). The second-order valence-corrected chi connectivity index (χ2v) is 16.6. The molecule has 0 fully saturated rings. The average Bonchev–Trinajstić information content (AvgIpc) is 3.11. The van der Waals surface area contributed by atoms with Gasteiger partial charge in [0.25, 0.3) is 0 Å². The summed E-state index contributed by atoms with van der Waals surface area (Å²) in [6.45, 7) is 3.50. The fraction of sp³-hybridized carbons (Fsp3) is 0.412. The Labute approximate surface area is 292 Å². The van der Waals surface area contributed by atoms with Gasteiger partial charge in [-0.1, -0.05) is 69.2 Å². The summed E-state index contributed by atoms with van der Waals surface area (Å²) in [7, 11) is -8.37. The van der Waals surface area contributed by atoms with E-state index in [9.17, 15) is 41.2 Å². The molecule has 0 saturated carbocycles. The Hall–Kier alpha value is -3.47. The molecule has 3 aromatic carbocycles. The number of quaternary nitrogens is 1. The molecule has 2 amide bonds. The number of aliphatic hydroxyl groups excluding tert-OH is 1. The summed E-state index contributed by atoms with van der Waals surface area (Å²) in [5.74, 6) is -3.18. The first-order valence-corrected chi connectivity index (χ1v) is 19.9. The van der Waals surface area contributed by atoms with Crippen LogP contribution in [0.5, 0.6) is 5.75 Å². The van der Waals surface area contributed by atoms with E-state index in [0.717, 1.165) is 30.2 Å². The largest absolute Gasteiger partial charge is 0.748 e. The van der Waals surface area contributed by atoms with Crippen LogP contribution in [0.1, 0.15) is 68.2 Å². The van der Waals surface area contributed by atoms with Crippen LogP contribution >= 0.6 is 11.8 Å². The van der Waals surface area contributed by atoms with Gasteiger partial charge in [0.05, 0.1) is 38.4 Å². The molecule has 49 heavy (non-hydrogen) atoms. The van der Waals surface area contributed by atoms with Crippen molar-refractivity contribution in [3.8, 4) is 5.75 Å². The van der Waals surface area contributed by atoms with E-state index in [1.54, 1.807) is 12.1 Å². The van der Waals surface area contributed by atoms with Crippen LogP contribution in [-0.2, 0) is 29.5 Å². The number of fused-ring (bicyclic) bond motifs is 1. The molecule has 0 radical (unpaired) electrons. The highest BCUT2D eigenvalue weighted by molar-refractivity contribution is 8.00. The van der Waals surface area contributed by atoms with Crippen LogP contribution in [0.2, 0.25) is 0 Å². The van der Waals surface area contributed by atoms with E-state index in [4.69, 9.17) is 0 Å². The number of aromatic hydroxyl groups is 1. The molecule has 1 aliphatic heterocycles. The number of thioether (sulfide) groups is 1. The van der Waals surface area contributed by atoms with Gasteiger partial charge in [0.1, 0.15) is 11.8 Å². The van der Waals surface area contributed by atoms with Crippen molar-refractivity contribution in [1.29, 1.82) is 0 Å². The topological polar surface area (TPSA) is 226 Å². The molecule has 0 saturated heterocycles. The van der Waals surface area contributed by atoms with Crippen LogP contribution in [0, 0.1) is 5.41 Å². The van der Waals surface area contributed by atoms with E-state index in [0.29, 0.717) is 28.9 Å². The van der Waals surface area contributed by atoms with Crippen molar-refractivity contribution in [3.63, 3.8) is 0 Å². The molecule has 0 aromatic heterocycles. The predicted octanol–water partition coefficient (Wildman–Crippen LogP) is 4.25. The van der Waals surface area contributed by atoms with Crippen molar-refractivity contribution < 1.29 is 41.2 Å². The first kappa shape index (κ1) is 40.0. The fourth-order valence-corrected chi connectivity index (χ4v) is 9.55. The van der Waals surface area contributed by atoms with Crippen molar-refractivity contribution in [2.24, 2.45) is 5.41 Å². The maximum Gasteiger partial charge on any atom is 0.247 e. The number of aliphatic hydroxyl groups is 1. The first-order chi connectivity index (χ1) is 22.7. The molecular weight excluding hydrogens is 691 g/mol. The number of sulfone groups is 1. The zero-order valence-electron chi connectivity index (χ0n) is 27.8. The highest BCUT2D eigenvalue weighted by Gasteiger charge is 2.49. The van der Waals surface area contributed by atoms with Crippen LogP contribution < -0.4 is 16.8 Å². The lowest BCUT2D eigenvalue weighted by atomic mass is 9.69. The number of rotatable bonds is 14. The summed E-state index contributed by atoms with van der Waals surface area (Å²) in [5.41, 5.74) is 0.695. The van der Waals surface area contributed by atoms with E-state index in [-0.39, 0.29) is 28.3 Å². The van der Waals surface area contributed by atoms with Crippen molar-refractivity contribution in [2.75, 3.05) is 23.8 Å². The van der Waals surface area contributed by atoms with E-state index in [1.807, 2.05) is 44.2 Å². The van der Waals surface area contributed by atoms with Crippen molar-refractivity contribution >= 4 is 43.5 Å². The summed E-state index contributed by atoms with van der Waals surface area (Å²) < 4.78 is 60.8. The van der Waals surface area contributed by atoms with Crippen LogP contribution in [0.15, 0.2) is 82.6 Å². The monoisotopic (exact) mass is 735 g/mol. The first-order valence-electron chi connectivity index (χ1n) is 15.7. The number of hydrogen-bond acceptors (Lipinski definition) is 10. The third kappa shape index (κ3) is 10.0. The number of phenolic OH excluding ortho intramolecular Hbond substituents is 1. The van der Waals surface area contributed by atoms with E-state index >= 15 is 0 Å². The third-order valence-corrected chi connectivity index (χ3v) is 12.5. The van der Waals surface area contributed by atoms with E-state index in [2.05, 4.69) is 10.6 Å². The second-order valence-electron chi connectivity index (χ2n) is 12.0. The van der Waals surface area contributed by atoms with Gasteiger partial charge in [0.2, 0.25) is 11.8 Å². The number of carbonyl (C=O) groups excluding carboxylic acids is 2. The lowest BCUT2D eigenvalue weighted by Crippen LogP contribution is -2.42. The Balaban J connectivity index is 0.00000650. The van der Waals surface area contributed by atoms with E-state index < -0.39 is 67.5 Å². The minimum atomic E-state index is -4.57. The average molecular weight is 736 g/mol. The van der Waals surface area contributed by atoms with Crippen LogP contribution in [0.4, 0.5) is 0 Å². The van der Waals surface area contributed by atoms with Gasteiger partial charge in [0, 0.05) is 22.8 Å². The maximum atomic E-state index is 13.9. The number of carbonyl (C=O) groups is 2. The standard InChI is InChI=1S/C34H42N2O9S3.H3N/c1-3-5-17-34(4-2)22-47(41,42)28-16-15-26(20-27(28)30(32(34)39)23-9-7-6-8-10-23)46-21-29(38)36-31(24-11-13-25(37)14-12-24)33(40)35-18-19-48(43,44)45;/h6-16,20,30-32,37,39H,3-5,17-19,21-22H2,1-2H3,(H,35,40)(H,36,38)(H,43,44,45);1H3. The normalized spacial score (nSPS) is 20.6. The SMILES string of the molecule is CCCCC1(CC)CS(=O)(=O)c2ccc(SCC(=O)NC(C(=O)NCCS(=O)(=O)[O-])c3ccc(O)cc3)cc2C(c2ccccc2)C1O.[NH4+]. The molecule has 0 spiro atoms. The summed E-state index contributed by atoms with van der Waals surface area (Å²) in [6.07, 6.45) is 1.68. The Bertz CT molecular complexity index is 1810. The van der Waals surface area contributed by atoms with Crippen LogP contribution in [-0.4, -0.2) is 73.3 Å². The number of benzene rings is 3. The Morgan fingerprint density at radius 3 is 2.35 bits per heavy atom. The highest BCUT2D eigenvalue weighted by Crippen LogP contribution is 2.49. The minimum Gasteiger partial charge on any atom is -0.748 e. The predicted molar refractivity (Wildman–Crippen MR) is 188 cm³/mol. The number of hydrogen-bond donors (Lipinski definition) is 5. The van der Waals surface area contributed by atoms with Gasteiger partial charge in [-0.3, -0.25) is 9.59 Å². The van der Waals surface area contributed by atoms with Gasteiger partial charge in [-0.05, 0) is 59.9 Å². The molecule has 1 aliphatic rings. The number of amides is 2. The lowest BCUT2D eigenvalue weighted by molar-refractivity contribution is -0.128. The molecule has 0 aliphatic carbocycles. The van der Waals surface area contributed by atoms with Crippen molar-refractivity contribution in [1.82, 2.24) is 16.8 Å². The number of nitrogens with one attached hydrogen (secondary N) is 2. The lowest BCUT2D eigenvalue weighted by Gasteiger charge is -2.39. The Kier molecular flexibility index (Phi) is 13.8. The molecule has 4 atom stereocenters. The van der Waals surface area contributed by atoms with E-state index in [1.165, 1.54) is 30.3 Å². The number of unbranched alkanes of at least 4 members (excludes halogenated alkanes) is 1. The zero-order valence-corrected chi connectivity index (χ0v) is 30.2. The molecule has 0 bridgehead atoms. The molecule has 12 nitrogen and oxygen atoms in total. The van der Waals surface area contributed by atoms with Crippen LogP contribution in [0.25, 0.3) is 0 Å². The van der Waals surface area contributed by atoms with Gasteiger partial charge >= 0.3 is 0 Å². The quantitative estimate of drug-likeness (QED) is 0.117. The summed E-state index contributed by atoms with van der Waals surface area (Å²) in [5, 5.41) is 26.7. The third-order valence-electron chi connectivity index (χ3n) is 8.78. The van der Waals surface area contributed by atoms with Gasteiger partial charge < -0.3 is 31.5 Å². The summed E-state index contributed by atoms with van der Waals surface area (Å²) >= 11 is 1.12.